The van der Waals surface area contributed by atoms with Crippen LogP contribution in [-0.2, 0) is 0 Å². The molecule has 0 spiro atoms. The first-order valence-corrected chi connectivity index (χ1v) is 6.03. The number of ether oxygens (including phenoxy) is 1. The van der Waals surface area contributed by atoms with Crippen LogP contribution in [0.1, 0.15) is 38.3 Å². The number of nitrogens with two attached hydrogens (primary N) is 1. The van der Waals surface area contributed by atoms with E-state index < -0.39 is 4.92 Å². The van der Waals surface area contributed by atoms with Gasteiger partial charge in [0, 0.05) is 12.1 Å². The lowest BCUT2D eigenvalue weighted by Crippen LogP contribution is -2.11. The van der Waals surface area contributed by atoms with Crippen molar-refractivity contribution in [1.29, 1.82) is 0 Å². The van der Waals surface area contributed by atoms with Gasteiger partial charge < -0.3 is 10.5 Å². The standard InChI is InChI=1S/C13H20N2O3/c1-9(2)4-6-11(14)10-5-7-13(18-3)12(8-10)15(16)17/h5,7-9,11H,4,6,14H2,1-3H3/t11-/m1/s1. The van der Waals surface area contributed by atoms with E-state index in [0.29, 0.717) is 5.92 Å². The van der Waals surface area contributed by atoms with Gasteiger partial charge in [0.2, 0.25) is 0 Å². The Bertz CT molecular complexity index is 419. The number of benzene rings is 1. The molecule has 18 heavy (non-hydrogen) atoms. The summed E-state index contributed by atoms with van der Waals surface area (Å²) < 4.78 is 4.96. The summed E-state index contributed by atoms with van der Waals surface area (Å²) in [4.78, 5) is 10.5. The normalized spacial score (nSPS) is 12.5. The van der Waals surface area contributed by atoms with Crippen molar-refractivity contribution in [3.8, 4) is 5.75 Å². The second-order valence-corrected chi connectivity index (χ2v) is 4.77. The van der Waals surface area contributed by atoms with E-state index in [9.17, 15) is 10.1 Å². The van der Waals surface area contributed by atoms with E-state index in [-0.39, 0.29) is 17.5 Å². The predicted octanol–water partition coefficient (Wildman–Crippen LogP) is 3.04. The van der Waals surface area contributed by atoms with Crippen LogP contribution in [0, 0.1) is 16.0 Å². The highest BCUT2D eigenvalue weighted by Gasteiger charge is 2.17. The zero-order chi connectivity index (χ0) is 13.7. The molecule has 5 heteroatoms. The molecule has 0 aliphatic carbocycles. The van der Waals surface area contributed by atoms with Gasteiger partial charge in [0.1, 0.15) is 0 Å². The van der Waals surface area contributed by atoms with Gasteiger partial charge in [-0.1, -0.05) is 19.9 Å². The molecule has 5 nitrogen and oxygen atoms in total. The summed E-state index contributed by atoms with van der Waals surface area (Å²) in [5.74, 6) is 0.837. The van der Waals surface area contributed by atoms with Crippen LogP contribution in [0.25, 0.3) is 0 Å². The minimum absolute atomic E-state index is 0.0324. The monoisotopic (exact) mass is 252 g/mol. The van der Waals surface area contributed by atoms with Gasteiger partial charge in [-0.25, -0.2) is 0 Å². The van der Waals surface area contributed by atoms with E-state index in [0.717, 1.165) is 18.4 Å². The van der Waals surface area contributed by atoms with Gasteiger partial charge in [0.25, 0.3) is 0 Å². The number of hydrogen-bond donors (Lipinski definition) is 1. The molecule has 0 aliphatic heterocycles. The Labute approximate surface area is 107 Å². The van der Waals surface area contributed by atoms with Crippen LogP contribution < -0.4 is 10.5 Å². The van der Waals surface area contributed by atoms with Crippen molar-refractivity contribution in [2.75, 3.05) is 7.11 Å². The first-order chi connectivity index (χ1) is 8.45. The summed E-state index contributed by atoms with van der Waals surface area (Å²) >= 11 is 0. The molecule has 1 aromatic carbocycles. The highest BCUT2D eigenvalue weighted by Crippen LogP contribution is 2.30. The maximum Gasteiger partial charge on any atom is 0.311 e. The maximum absolute atomic E-state index is 10.9. The zero-order valence-corrected chi connectivity index (χ0v) is 11.1. The molecule has 1 atom stereocenters. The predicted molar refractivity (Wildman–Crippen MR) is 70.6 cm³/mol. The van der Waals surface area contributed by atoms with Gasteiger partial charge in [0.05, 0.1) is 12.0 Å². The van der Waals surface area contributed by atoms with Crippen LogP contribution in [-0.4, -0.2) is 12.0 Å². The van der Waals surface area contributed by atoms with Gasteiger partial charge >= 0.3 is 5.69 Å². The van der Waals surface area contributed by atoms with E-state index in [1.807, 2.05) is 0 Å². The quantitative estimate of drug-likeness (QED) is 0.623. The minimum Gasteiger partial charge on any atom is -0.490 e. The van der Waals surface area contributed by atoms with Crippen molar-refractivity contribution in [1.82, 2.24) is 0 Å². The highest BCUT2D eigenvalue weighted by atomic mass is 16.6. The summed E-state index contributed by atoms with van der Waals surface area (Å²) in [6.45, 7) is 4.26. The SMILES string of the molecule is COc1ccc([C@H](N)CCC(C)C)cc1[N+](=O)[O-]. The van der Waals surface area contributed by atoms with E-state index >= 15 is 0 Å². The lowest BCUT2D eigenvalue weighted by atomic mass is 9.98. The third-order valence-corrected chi connectivity index (χ3v) is 2.88. The Morgan fingerprint density at radius 1 is 1.39 bits per heavy atom. The smallest absolute Gasteiger partial charge is 0.311 e. The highest BCUT2D eigenvalue weighted by molar-refractivity contribution is 5.49. The Morgan fingerprint density at radius 2 is 2.06 bits per heavy atom. The lowest BCUT2D eigenvalue weighted by molar-refractivity contribution is -0.385. The molecule has 0 aromatic heterocycles. The van der Waals surface area contributed by atoms with Crippen molar-refractivity contribution >= 4 is 5.69 Å². The summed E-state index contributed by atoms with van der Waals surface area (Å²) in [5, 5.41) is 10.9. The molecule has 1 aromatic rings. The molecule has 0 radical (unpaired) electrons. The van der Waals surface area contributed by atoms with Crippen molar-refractivity contribution in [2.24, 2.45) is 11.7 Å². The number of methoxy groups -OCH3 is 1. The Balaban J connectivity index is 2.90. The molecule has 1 rings (SSSR count). The molecule has 0 bridgehead atoms. The van der Waals surface area contributed by atoms with Crippen molar-refractivity contribution in [2.45, 2.75) is 32.7 Å². The van der Waals surface area contributed by atoms with Gasteiger partial charge in [-0.05, 0) is 30.4 Å². The van der Waals surface area contributed by atoms with Crippen LogP contribution in [0.15, 0.2) is 18.2 Å². The molecule has 0 saturated heterocycles. The molecule has 0 heterocycles. The Morgan fingerprint density at radius 3 is 2.56 bits per heavy atom. The molecule has 0 saturated carbocycles. The first-order valence-electron chi connectivity index (χ1n) is 6.03. The third kappa shape index (κ3) is 3.70. The first kappa shape index (κ1) is 14.4. The number of nitro benzene ring substituents is 1. The van der Waals surface area contributed by atoms with E-state index in [2.05, 4.69) is 13.8 Å². The largest absolute Gasteiger partial charge is 0.490 e. The van der Waals surface area contributed by atoms with Crippen molar-refractivity contribution < 1.29 is 9.66 Å². The van der Waals surface area contributed by atoms with Gasteiger partial charge in [-0.3, -0.25) is 10.1 Å². The number of nitro groups is 1. The van der Waals surface area contributed by atoms with Gasteiger partial charge in [0.15, 0.2) is 5.75 Å². The summed E-state index contributed by atoms with van der Waals surface area (Å²) in [7, 11) is 1.42. The molecular formula is C13H20N2O3. The second kappa shape index (κ2) is 6.35. The summed E-state index contributed by atoms with van der Waals surface area (Å²) in [5.41, 5.74) is 6.79. The molecule has 0 unspecified atom stereocenters. The number of hydrogen-bond acceptors (Lipinski definition) is 4. The van der Waals surface area contributed by atoms with Crippen LogP contribution in [0.2, 0.25) is 0 Å². The number of rotatable bonds is 6. The Hall–Kier alpha value is -1.62. The van der Waals surface area contributed by atoms with Gasteiger partial charge in [-0.15, -0.1) is 0 Å². The van der Waals surface area contributed by atoms with E-state index in [4.69, 9.17) is 10.5 Å². The van der Waals surface area contributed by atoms with Crippen LogP contribution in [0.4, 0.5) is 5.69 Å². The summed E-state index contributed by atoms with van der Waals surface area (Å²) in [6, 6.07) is 4.72. The fraction of sp³-hybridized carbons (Fsp3) is 0.538. The maximum atomic E-state index is 10.9. The summed E-state index contributed by atoms with van der Waals surface area (Å²) in [6.07, 6.45) is 1.82. The Kier molecular flexibility index (Phi) is 5.09. The molecule has 100 valence electrons. The average Bonchev–Trinajstić information content (AvgIpc) is 2.34. The van der Waals surface area contributed by atoms with Crippen LogP contribution >= 0.6 is 0 Å². The zero-order valence-electron chi connectivity index (χ0n) is 11.1. The average molecular weight is 252 g/mol. The fourth-order valence-electron chi connectivity index (χ4n) is 1.76. The second-order valence-electron chi connectivity index (χ2n) is 4.77. The van der Waals surface area contributed by atoms with Crippen molar-refractivity contribution in [3.05, 3.63) is 33.9 Å². The van der Waals surface area contributed by atoms with Crippen LogP contribution in [0.5, 0.6) is 5.75 Å². The fourth-order valence-corrected chi connectivity index (χ4v) is 1.76. The van der Waals surface area contributed by atoms with Crippen LogP contribution in [0.3, 0.4) is 0 Å². The van der Waals surface area contributed by atoms with E-state index in [1.54, 1.807) is 12.1 Å². The van der Waals surface area contributed by atoms with Gasteiger partial charge in [-0.2, -0.15) is 0 Å². The molecule has 0 fully saturated rings. The topological polar surface area (TPSA) is 78.4 Å². The molecule has 0 aliphatic rings. The lowest BCUT2D eigenvalue weighted by Gasteiger charge is -2.14. The third-order valence-electron chi connectivity index (χ3n) is 2.88. The van der Waals surface area contributed by atoms with E-state index in [1.165, 1.54) is 13.2 Å². The molecule has 2 N–H and O–H groups in total. The van der Waals surface area contributed by atoms with Crippen molar-refractivity contribution in [3.63, 3.8) is 0 Å². The molecular weight excluding hydrogens is 232 g/mol. The number of nitrogens with zero attached hydrogens (tertiary/aromatic N) is 1. The molecule has 0 amide bonds. The minimum atomic E-state index is -0.447.